The molecule has 42 heavy (non-hydrogen) atoms. The van der Waals surface area contributed by atoms with E-state index in [-0.39, 0.29) is 0 Å². The lowest BCUT2D eigenvalue weighted by atomic mass is 9.95. The third-order valence-corrected chi connectivity index (χ3v) is 6.44. The van der Waals surface area contributed by atoms with Gasteiger partial charge in [0.2, 0.25) is 29.0 Å². The van der Waals surface area contributed by atoms with Crippen molar-refractivity contribution >= 4 is 28.8 Å². The normalized spacial score (nSPS) is 31.6. The zero-order chi connectivity index (χ0) is 31.4. The highest BCUT2D eigenvalue weighted by atomic mass is 19.3. The minimum Gasteiger partial charge on any atom is -0.393 e. The molecule has 0 bridgehead atoms. The van der Waals surface area contributed by atoms with E-state index in [4.69, 9.17) is 20.9 Å². The topological polar surface area (TPSA) is 313 Å². The van der Waals surface area contributed by atoms with Gasteiger partial charge in [-0.2, -0.15) is 0 Å². The quantitative estimate of drug-likeness (QED) is 0.0629. The number of rotatable bonds is 9. The van der Waals surface area contributed by atoms with Crippen LogP contribution in [0.5, 0.6) is 0 Å². The number of halogens is 4. The summed E-state index contributed by atoms with van der Waals surface area (Å²) in [7, 11) is 0. The van der Waals surface area contributed by atoms with Crippen molar-refractivity contribution in [2.75, 3.05) is 30.0 Å². The molecule has 0 aromatic carbocycles. The molecule has 230 valence electrons. The fourth-order valence-corrected chi connectivity index (χ4v) is 4.48. The first kappa shape index (κ1) is 30.8. The molecular formula is C18H20F4N10O10. The number of aliphatic hydroxyl groups excluding tert-OH is 4. The van der Waals surface area contributed by atoms with Crippen molar-refractivity contribution in [2.45, 2.75) is 47.8 Å². The maximum atomic E-state index is 15.2. The Hall–Kier alpha value is -4.20. The average molecular weight is 612 g/mol. The number of hydrogen-bond donors (Lipinski definition) is 8. The van der Waals surface area contributed by atoms with Crippen LogP contribution >= 0.6 is 0 Å². The molecule has 2 aliphatic rings. The molecule has 2 aliphatic heterocycles. The van der Waals surface area contributed by atoms with Crippen molar-refractivity contribution in [2.24, 2.45) is 0 Å². The van der Waals surface area contributed by atoms with Crippen LogP contribution in [0.25, 0.3) is 0 Å². The van der Waals surface area contributed by atoms with E-state index in [1.165, 1.54) is 0 Å². The van der Waals surface area contributed by atoms with Gasteiger partial charge in [0.15, 0.2) is 24.0 Å². The summed E-state index contributed by atoms with van der Waals surface area (Å²) in [6, 6.07) is 0. The molecule has 0 spiro atoms. The van der Waals surface area contributed by atoms with Gasteiger partial charge in [-0.3, -0.25) is 20.2 Å². The molecule has 4 rings (SSSR count). The third kappa shape index (κ3) is 4.44. The van der Waals surface area contributed by atoms with Gasteiger partial charge in [-0.1, -0.05) is 0 Å². The van der Waals surface area contributed by atoms with Gasteiger partial charge < -0.3 is 46.7 Å². The smallest absolute Gasteiger partial charge is 0.353 e. The van der Waals surface area contributed by atoms with Crippen LogP contribution in [-0.4, -0.2) is 106 Å². The number of nitrogens with zero attached hydrogens (tertiary/aromatic N) is 6. The number of aliphatic hydroxyl groups is 4. The summed E-state index contributed by atoms with van der Waals surface area (Å²) in [6.07, 6.45) is -11.1. The Kier molecular flexibility index (Phi) is 7.51. The molecule has 0 radical (unpaired) electrons. The Balaban J connectivity index is 2.03. The highest BCUT2D eigenvalue weighted by molar-refractivity contribution is 5.68. The van der Waals surface area contributed by atoms with Gasteiger partial charge >= 0.3 is 23.2 Å². The molecule has 4 heterocycles. The van der Waals surface area contributed by atoms with Crippen molar-refractivity contribution in [3.63, 3.8) is 0 Å². The molecule has 0 amide bonds. The van der Waals surface area contributed by atoms with Gasteiger partial charge in [-0.05, 0) is 0 Å². The number of nitrogens with one attached hydrogen (secondary N) is 2. The SMILES string of the molecule is Nc1ncnc(NC2(NC3(c4ncnc(N)c4[N+](=O)[O-])OC(CO)C(F)(F)C3O)OC(CO)C(F)(F)C2O)c1[N+](=O)[O-]. The molecule has 6 atom stereocenters. The lowest BCUT2D eigenvalue weighted by Gasteiger charge is -2.42. The van der Waals surface area contributed by atoms with Gasteiger partial charge in [0, 0.05) is 0 Å². The number of nitrogen functional groups attached to an aromatic ring is 2. The van der Waals surface area contributed by atoms with Gasteiger partial charge in [-0.25, -0.2) is 42.8 Å². The minimum atomic E-state index is -4.54. The van der Waals surface area contributed by atoms with E-state index in [0.29, 0.717) is 12.7 Å². The van der Waals surface area contributed by atoms with E-state index >= 15 is 17.6 Å². The van der Waals surface area contributed by atoms with Crippen LogP contribution in [0.4, 0.5) is 46.4 Å². The number of alkyl halides is 4. The molecule has 0 saturated carbocycles. The molecule has 2 fully saturated rings. The molecule has 24 heteroatoms. The van der Waals surface area contributed by atoms with Crippen LogP contribution in [0.1, 0.15) is 5.69 Å². The van der Waals surface area contributed by atoms with Crippen molar-refractivity contribution in [1.29, 1.82) is 0 Å². The summed E-state index contributed by atoms with van der Waals surface area (Å²) in [5.41, 5.74) is 3.47. The number of ether oxygens (including phenoxy) is 2. The summed E-state index contributed by atoms with van der Waals surface area (Å²) in [5.74, 6) is -15.5. The van der Waals surface area contributed by atoms with Gasteiger partial charge in [0.1, 0.15) is 18.8 Å². The van der Waals surface area contributed by atoms with E-state index < -0.39 is 105 Å². The van der Waals surface area contributed by atoms with Crippen LogP contribution in [0.15, 0.2) is 12.7 Å². The largest absolute Gasteiger partial charge is 0.393 e. The Labute approximate surface area is 228 Å². The molecule has 10 N–H and O–H groups in total. The van der Waals surface area contributed by atoms with E-state index in [1.54, 1.807) is 5.32 Å². The van der Waals surface area contributed by atoms with Crippen molar-refractivity contribution < 1.29 is 57.3 Å². The molecular weight excluding hydrogens is 592 g/mol. The first-order chi connectivity index (χ1) is 19.5. The molecule has 20 nitrogen and oxygen atoms in total. The van der Waals surface area contributed by atoms with Gasteiger partial charge in [0.05, 0.1) is 23.1 Å². The van der Waals surface area contributed by atoms with E-state index in [1.807, 2.05) is 5.32 Å². The summed E-state index contributed by atoms with van der Waals surface area (Å²) in [4.78, 5) is 34.7. The molecule has 0 aliphatic carbocycles. The van der Waals surface area contributed by atoms with E-state index in [9.17, 15) is 40.7 Å². The standard InChI is InChI=1S/C18H20F4N10O10/c19-15(20)5(1-33)41-17(13(15)35,9-7(31(37)38)10(23)26-3-25-9)30-18(14(36)16(21,22)6(2-34)42-18)29-12-8(32(39)40)11(24)27-4-28-12/h3-6,13-14,30,33-36H,1-2H2,(H2,23,25,26)(H3,24,27,28,29). The van der Waals surface area contributed by atoms with Crippen LogP contribution < -0.4 is 22.1 Å². The van der Waals surface area contributed by atoms with Crippen molar-refractivity contribution in [3.8, 4) is 0 Å². The fraction of sp³-hybridized carbons (Fsp3) is 0.556. The lowest BCUT2D eigenvalue weighted by molar-refractivity contribution is -0.387. The zero-order valence-electron chi connectivity index (χ0n) is 20.5. The average Bonchev–Trinajstić information content (AvgIpc) is 3.22. The zero-order valence-corrected chi connectivity index (χ0v) is 20.5. The van der Waals surface area contributed by atoms with Crippen LogP contribution in [0, 0.1) is 20.2 Å². The Morgan fingerprint density at radius 2 is 1.36 bits per heavy atom. The predicted molar refractivity (Wildman–Crippen MR) is 123 cm³/mol. The first-order valence-electron chi connectivity index (χ1n) is 11.3. The molecule has 2 saturated heterocycles. The summed E-state index contributed by atoms with van der Waals surface area (Å²) in [6.45, 7) is -3.13. The minimum absolute atomic E-state index is 0.481. The number of hydrogen-bond acceptors (Lipinski definition) is 18. The summed E-state index contributed by atoms with van der Waals surface area (Å²) < 4.78 is 70.9. The Morgan fingerprint density at radius 3 is 1.86 bits per heavy atom. The summed E-state index contributed by atoms with van der Waals surface area (Å²) in [5, 5.41) is 68.0. The number of nitrogens with two attached hydrogens (primary N) is 2. The molecule has 6 unspecified atom stereocenters. The predicted octanol–water partition coefficient (Wildman–Crippen LogP) is -2.47. The highest BCUT2D eigenvalue weighted by Crippen LogP contribution is 2.52. The number of aromatic nitrogens is 4. The van der Waals surface area contributed by atoms with Crippen LogP contribution in [-0.2, 0) is 15.2 Å². The summed E-state index contributed by atoms with van der Waals surface area (Å²) >= 11 is 0. The third-order valence-electron chi connectivity index (χ3n) is 6.44. The monoisotopic (exact) mass is 612 g/mol. The molecule has 2 aromatic rings. The van der Waals surface area contributed by atoms with E-state index in [2.05, 4.69) is 19.9 Å². The van der Waals surface area contributed by atoms with Crippen molar-refractivity contribution in [1.82, 2.24) is 25.3 Å². The van der Waals surface area contributed by atoms with Gasteiger partial charge in [0.25, 0.3) is 0 Å². The Bertz CT molecular complexity index is 1410. The number of nitro groups is 2. The number of anilines is 3. The van der Waals surface area contributed by atoms with Crippen LogP contribution in [0.3, 0.4) is 0 Å². The maximum absolute atomic E-state index is 15.2. The maximum Gasteiger partial charge on any atom is 0.353 e. The fourth-order valence-electron chi connectivity index (χ4n) is 4.48. The van der Waals surface area contributed by atoms with E-state index in [0.717, 1.165) is 0 Å². The van der Waals surface area contributed by atoms with Crippen molar-refractivity contribution in [3.05, 3.63) is 38.6 Å². The second kappa shape index (κ2) is 10.3. The van der Waals surface area contributed by atoms with Gasteiger partial charge in [-0.15, -0.1) is 0 Å². The Morgan fingerprint density at radius 1 is 0.857 bits per heavy atom. The van der Waals surface area contributed by atoms with Crippen LogP contribution in [0.2, 0.25) is 0 Å². The first-order valence-corrected chi connectivity index (χ1v) is 11.3. The highest BCUT2D eigenvalue weighted by Gasteiger charge is 2.75. The second-order valence-electron chi connectivity index (χ2n) is 8.88. The lowest BCUT2D eigenvalue weighted by Crippen LogP contribution is -2.70. The molecule has 2 aromatic heterocycles. The second-order valence-corrected chi connectivity index (χ2v) is 8.88.